The number of morpholine rings is 1. The van der Waals surface area contributed by atoms with Crippen molar-refractivity contribution in [2.75, 3.05) is 40.5 Å². The van der Waals surface area contributed by atoms with E-state index in [0.717, 1.165) is 6.07 Å². The van der Waals surface area contributed by atoms with Crippen LogP contribution in [0.5, 0.6) is 5.75 Å². The first-order valence-corrected chi connectivity index (χ1v) is 7.45. The van der Waals surface area contributed by atoms with Crippen molar-refractivity contribution in [2.24, 2.45) is 5.73 Å². The average Bonchev–Trinajstić information content (AvgIpc) is 2.53. The highest BCUT2D eigenvalue weighted by Gasteiger charge is 2.40. The van der Waals surface area contributed by atoms with Crippen molar-refractivity contribution in [3.63, 3.8) is 0 Å². The molecule has 24 heavy (non-hydrogen) atoms. The predicted molar refractivity (Wildman–Crippen MR) is 83.2 cm³/mol. The van der Waals surface area contributed by atoms with E-state index in [0.29, 0.717) is 6.54 Å². The van der Waals surface area contributed by atoms with Crippen molar-refractivity contribution in [3.8, 4) is 5.75 Å². The highest BCUT2D eigenvalue weighted by atomic mass is 19.1. The number of nitrogens with zero attached hydrogens (tertiary/aromatic N) is 1. The molecule has 1 saturated heterocycles. The SMILES string of the molecule is COC[C@@]1(CC(N)=O)CN(C(=O)c2cc(F)ccc2OC)CCO1. The molecule has 0 spiro atoms. The Morgan fingerprint density at radius 3 is 2.79 bits per heavy atom. The molecule has 1 aromatic carbocycles. The smallest absolute Gasteiger partial charge is 0.257 e. The molecular weight excluding hydrogens is 319 g/mol. The summed E-state index contributed by atoms with van der Waals surface area (Å²) in [7, 11) is 2.88. The van der Waals surface area contributed by atoms with Crippen LogP contribution in [0.25, 0.3) is 0 Å². The predicted octanol–water partition coefficient (Wildman–Crippen LogP) is 0.567. The molecule has 1 heterocycles. The fourth-order valence-corrected chi connectivity index (χ4v) is 2.86. The third-order valence-corrected chi connectivity index (χ3v) is 3.83. The average molecular weight is 340 g/mol. The molecule has 0 aliphatic carbocycles. The Hall–Kier alpha value is -2.19. The standard InChI is InChI=1S/C16H21FN2O5/c1-22-10-16(8-14(18)20)9-19(5-6-24-16)15(21)12-7-11(17)3-4-13(12)23-2/h3-4,7H,5-6,8-10H2,1-2H3,(H2,18,20)/t16-/m1/s1. The van der Waals surface area contributed by atoms with Crippen molar-refractivity contribution >= 4 is 11.8 Å². The molecule has 1 aromatic rings. The van der Waals surface area contributed by atoms with Crippen LogP contribution in [0.1, 0.15) is 16.8 Å². The zero-order valence-electron chi connectivity index (χ0n) is 13.7. The zero-order valence-corrected chi connectivity index (χ0v) is 13.7. The summed E-state index contributed by atoms with van der Waals surface area (Å²) in [6.45, 7) is 0.755. The number of methoxy groups -OCH3 is 2. The summed E-state index contributed by atoms with van der Waals surface area (Å²) in [6, 6.07) is 3.74. The van der Waals surface area contributed by atoms with Crippen molar-refractivity contribution in [1.82, 2.24) is 4.90 Å². The second kappa shape index (κ2) is 7.59. The van der Waals surface area contributed by atoms with Gasteiger partial charge in [0, 0.05) is 13.7 Å². The van der Waals surface area contributed by atoms with E-state index in [2.05, 4.69) is 0 Å². The zero-order chi connectivity index (χ0) is 17.7. The number of ether oxygens (including phenoxy) is 3. The molecule has 7 nitrogen and oxygen atoms in total. The summed E-state index contributed by atoms with van der Waals surface area (Å²) in [5.74, 6) is -1.21. The van der Waals surface area contributed by atoms with Crippen LogP contribution in [-0.2, 0) is 14.3 Å². The normalized spacial score (nSPS) is 20.7. The van der Waals surface area contributed by atoms with Gasteiger partial charge >= 0.3 is 0 Å². The quantitative estimate of drug-likeness (QED) is 0.817. The number of primary amides is 1. The van der Waals surface area contributed by atoms with Gasteiger partial charge in [-0.1, -0.05) is 0 Å². The molecule has 132 valence electrons. The number of hydrogen-bond donors (Lipinski definition) is 1. The number of nitrogens with two attached hydrogens (primary N) is 1. The second-order valence-corrected chi connectivity index (χ2v) is 5.68. The van der Waals surface area contributed by atoms with Crippen molar-refractivity contribution in [3.05, 3.63) is 29.6 Å². The molecular formula is C16H21FN2O5. The minimum atomic E-state index is -1.00. The summed E-state index contributed by atoms with van der Waals surface area (Å²) in [4.78, 5) is 25.6. The van der Waals surface area contributed by atoms with E-state index >= 15 is 0 Å². The first-order chi connectivity index (χ1) is 11.4. The maximum Gasteiger partial charge on any atom is 0.257 e. The van der Waals surface area contributed by atoms with Crippen molar-refractivity contribution < 1.29 is 28.2 Å². The first kappa shape index (κ1) is 18.2. The van der Waals surface area contributed by atoms with E-state index in [1.54, 1.807) is 0 Å². The van der Waals surface area contributed by atoms with Gasteiger partial charge in [0.15, 0.2) is 0 Å². The molecule has 1 fully saturated rings. The van der Waals surface area contributed by atoms with Crippen LogP contribution in [0.2, 0.25) is 0 Å². The van der Waals surface area contributed by atoms with E-state index < -0.39 is 23.2 Å². The minimum absolute atomic E-state index is 0.0785. The number of amides is 2. The van der Waals surface area contributed by atoms with Crippen LogP contribution in [0.4, 0.5) is 4.39 Å². The van der Waals surface area contributed by atoms with Crippen LogP contribution >= 0.6 is 0 Å². The van der Waals surface area contributed by atoms with E-state index in [9.17, 15) is 14.0 Å². The van der Waals surface area contributed by atoms with Gasteiger partial charge in [0.2, 0.25) is 5.91 Å². The highest BCUT2D eigenvalue weighted by Crippen LogP contribution is 2.26. The van der Waals surface area contributed by atoms with Crippen LogP contribution in [0.3, 0.4) is 0 Å². The van der Waals surface area contributed by atoms with Gasteiger partial charge in [-0.3, -0.25) is 9.59 Å². The summed E-state index contributed by atoms with van der Waals surface area (Å²) in [5.41, 5.74) is 4.40. The topological polar surface area (TPSA) is 91.1 Å². The third-order valence-electron chi connectivity index (χ3n) is 3.83. The van der Waals surface area contributed by atoms with Crippen LogP contribution in [-0.4, -0.2) is 62.8 Å². The Morgan fingerprint density at radius 1 is 1.42 bits per heavy atom. The molecule has 0 aromatic heterocycles. The molecule has 2 amide bonds. The lowest BCUT2D eigenvalue weighted by Crippen LogP contribution is -2.57. The first-order valence-electron chi connectivity index (χ1n) is 7.45. The molecule has 2 N–H and O–H groups in total. The number of carbonyl (C=O) groups is 2. The van der Waals surface area contributed by atoms with Gasteiger partial charge in [-0.05, 0) is 18.2 Å². The molecule has 0 bridgehead atoms. The lowest BCUT2D eigenvalue weighted by molar-refractivity contribution is -0.148. The van der Waals surface area contributed by atoms with E-state index in [4.69, 9.17) is 19.9 Å². The Kier molecular flexibility index (Phi) is 5.74. The number of rotatable bonds is 6. The summed E-state index contributed by atoms with van der Waals surface area (Å²) in [6.07, 6.45) is -0.0785. The van der Waals surface area contributed by atoms with E-state index in [1.807, 2.05) is 0 Å². The number of hydrogen-bond acceptors (Lipinski definition) is 5. The van der Waals surface area contributed by atoms with Crippen LogP contribution < -0.4 is 10.5 Å². The highest BCUT2D eigenvalue weighted by molar-refractivity contribution is 5.97. The van der Waals surface area contributed by atoms with E-state index in [1.165, 1.54) is 31.3 Å². The molecule has 8 heteroatoms. The maximum atomic E-state index is 13.5. The van der Waals surface area contributed by atoms with Gasteiger partial charge in [-0.2, -0.15) is 0 Å². The van der Waals surface area contributed by atoms with Gasteiger partial charge in [0.25, 0.3) is 5.91 Å². The molecule has 0 radical (unpaired) electrons. The van der Waals surface area contributed by atoms with Crippen LogP contribution in [0.15, 0.2) is 18.2 Å². The number of halogens is 1. The van der Waals surface area contributed by atoms with Gasteiger partial charge in [0.1, 0.15) is 17.2 Å². The van der Waals surface area contributed by atoms with E-state index in [-0.39, 0.29) is 37.5 Å². The number of carbonyl (C=O) groups excluding carboxylic acids is 2. The maximum absolute atomic E-state index is 13.5. The molecule has 1 aliphatic heterocycles. The molecule has 0 unspecified atom stereocenters. The molecule has 1 atom stereocenters. The summed E-state index contributed by atoms with van der Waals surface area (Å²) < 4.78 is 29.5. The Balaban J connectivity index is 2.26. The van der Waals surface area contributed by atoms with Gasteiger partial charge in [-0.15, -0.1) is 0 Å². The van der Waals surface area contributed by atoms with Gasteiger partial charge in [0.05, 0.1) is 38.9 Å². The Morgan fingerprint density at radius 2 is 2.17 bits per heavy atom. The van der Waals surface area contributed by atoms with Crippen LogP contribution in [0, 0.1) is 5.82 Å². The lowest BCUT2D eigenvalue weighted by atomic mass is 9.97. The molecule has 2 rings (SSSR count). The van der Waals surface area contributed by atoms with Crippen molar-refractivity contribution in [2.45, 2.75) is 12.0 Å². The fraction of sp³-hybridized carbons (Fsp3) is 0.500. The second-order valence-electron chi connectivity index (χ2n) is 5.68. The lowest BCUT2D eigenvalue weighted by Gasteiger charge is -2.41. The van der Waals surface area contributed by atoms with Gasteiger partial charge < -0.3 is 24.8 Å². The fourth-order valence-electron chi connectivity index (χ4n) is 2.86. The monoisotopic (exact) mass is 340 g/mol. The molecule has 1 aliphatic rings. The number of benzene rings is 1. The Bertz CT molecular complexity index is 620. The largest absolute Gasteiger partial charge is 0.496 e. The molecule has 0 saturated carbocycles. The van der Waals surface area contributed by atoms with Gasteiger partial charge in [-0.25, -0.2) is 4.39 Å². The minimum Gasteiger partial charge on any atom is -0.496 e. The Labute approximate surface area is 139 Å². The van der Waals surface area contributed by atoms with Crippen molar-refractivity contribution in [1.29, 1.82) is 0 Å². The summed E-state index contributed by atoms with van der Waals surface area (Å²) >= 11 is 0. The third kappa shape index (κ3) is 4.01. The summed E-state index contributed by atoms with van der Waals surface area (Å²) in [5, 5.41) is 0.